The van der Waals surface area contributed by atoms with Gasteiger partial charge in [-0.3, -0.25) is 0 Å². The van der Waals surface area contributed by atoms with Crippen LogP contribution in [0, 0.1) is 5.92 Å². The fourth-order valence-corrected chi connectivity index (χ4v) is 2.06. The van der Waals surface area contributed by atoms with E-state index in [9.17, 15) is 0 Å². The second kappa shape index (κ2) is 3.31. The van der Waals surface area contributed by atoms with Crippen LogP contribution in [0.15, 0.2) is 22.7 Å². The van der Waals surface area contributed by atoms with E-state index in [1.807, 2.05) is 18.2 Å². The number of halogens is 1. The molecular weight excluding hydrogens is 230 g/mol. The molecule has 0 bridgehead atoms. The molecule has 0 aliphatic carbocycles. The van der Waals surface area contributed by atoms with Gasteiger partial charge in [0.25, 0.3) is 0 Å². The molecule has 13 heavy (non-hydrogen) atoms. The van der Waals surface area contributed by atoms with Crippen LogP contribution >= 0.6 is 15.9 Å². The van der Waals surface area contributed by atoms with E-state index >= 15 is 0 Å². The third kappa shape index (κ3) is 1.46. The summed E-state index contributed by atoms with van der Waals surface area (Å²) in [5.41, 5.74) is 7.16. The van der Waals surface area contributed by atoms with Crippen LogP contribution in [0.1, 0.15) is 18.5 Å². The van der Waals surface area contributed by atoms with Gasteiger partial charge in [0.2, 0.25) is 0 Å². The van der Waals surface area contributed by atoms with E-state index in [0.717, 1.165) is 15.8 Å². The van der Waals surface area contributed by atoms with Crippen molar-refractivity contribution >= 4 is 15.9 Å². The van der Waals surface area contributed by atoms with Gasteiger partial charge in [-0.2, -0.15) is 0 Å². The first kappa shape index (κ1) is 9.03. The summed E-state index contributed by atoms with van der Waals surface area (Å²) in [7, 11) is 0. The van der Waals surface area contributed by atoms with Crippen molar-refractivity contribution in [2.75, 3.05) is 6.61 Å². The fraction of sp³-hybridized carbons (Fsp3) is 0.400. The maximum Gasteiger partial charge on any atom is 0.138 e. The van der Waals surface area contributed by atoms with Crippen LogP contribution in [0.25, 0.3) is 0 Å². The Morgan fingerprint density at radius 1 is 1.54 bits per heavy atom. The Morgan fingerprint density at radius 3 is 3.08 bits per heavy atom. The van der Waals surface area contributed by atoms with Crippen molar-refractivity contribution in [3.63, 3.8) is 0 Å². The van der Waals surface area contributed by atoms with Gasteiger partial charge in [-0.15, -0.1) is 0 Å². The van der Waals surface area contributed by atoms with Crippen molar-refractivity contribution in [2.24, 2.45) is 11.7 Å². The summed E-state index contributed by atoms with van der Waals surface area (Å²) in [6.45, 7) is 2.81. The third-order valence-electron chi connectivity index (χ3n) is 2.46. The summed E-state index contributed by atoms with van der Waals surface area (Å²) in [4.78, 5) is 0. The molecule has 1 heterocycles. The van der Waals surface area contributed by atoms with Gasteiger partial charge in [0.05, 0.1) is 11.1 Å². The zero-order chi connectivity index (χ0) is 9.42. The quantitative estimate of drug-likeness (QED) is 0.758. The van der Waals surface area contributed by atoms with Crippen molar-refractivity contribution in [1.29, 1.82) is 0 Å². The molecule has 2 N–H and O–H groups in total. The highest BCUT2D eigenvalue weighted by Gasteiger charge is 2.25. The third-order valence-corrected chi connectivity index (χ3v) is 3.08. The maximum absolute atomic E-state index is 6.06. The predicted octanol–water partition coefficient (Wildman–Crippen LogP) is 2.48. The zero-order valence-electron chi connectivity index (χ0n) is 7.46. The Balaban J connectivity index is 2.49. The van der Waals surface area contributed by atoms with E-state index < -0.39 is 0 Å². The minimum Gasteiger partial charge on any atom is -0.492 e. The minimum atomic E-state index is 0.0984. The van der Waals surface area contributed by atoms with Crippen LogP contribution < -0.4 is 10.5 Å². The highest BCUT2D eigenvalue weighted by Crippen LogP contribution is 2.38. The van der Waals surface area contributed by atoms with E-state index in [-0.39, 0.29) is 6.04 Å². The molecule has 0 aromatic heterocycles. The summed E-state index contributed by atoms with van der Waals surface area (Å²) in [5.74, 6) is 1.30. The molecule has 1 aromatic carbocycles. The number of benzene rings is 1. The zero-order valence-corrected chi connectivity index (χ0v) is 9.04. The lowest BCUT2D eigenvalue weighted by Gasteiger charge is -2.29. The first-order valence-corrected chi connectivity index (χ1v) is 5.16. The Kier molecular flexibility index (Phi) is 2.30. The molecule has 2 unspecified atom stereocenters. The van der Waals surface area contributed by atoms with Gasteiger partial charge in [-0.25, -0.2) is 0 Å². The van der Waals surface area contributed by atoms with Gasteiger partial charge < -0.3 is 10.5 Å². The van der Waals surface area contributed by atoms with Gasteiger partial charge in [0, 0.05) is 17.5 Å². The SMILES string of the molecule is CC1COc2c(Br)cccc2C1N. The number of fused-ring (bicyclic) bond motifs is 1. The van der Waals surface area contributed by atoms with Gasteiger partial charge in [0.1, 0.15) is 5.75 Å². The Morgan fingerprint density at radius 2 is 2.31 bits per heavy atom. The number of hydrogen-bond donors (Lipinski definition) is 1. The fourth-order valence-electron chi connectivity index (χ4n) is 1.57. The van der Waals surface area contributed by atoms with Crippen LogP contribution in [0.5, 0.6) is 5.75 Å². The summed E-state index contributed by atoms with van der Waals surface area (Å²) < 4.78 is 6.60. The highest BCUT2D eigenvalue weighted by molar-refractivity contribution is 9.10. The Bertz CT molecular complexity index is 327. The summed E-state index contributed by atoms with van der Waals surface area (Å²) in [6.07, 6.45) is 0. The molecule has 0 radical (unpaired) electrons. The molecular formula is C10H12BrNO. The van der Waals surface area contributed by atoms with E-state index in [0.29, 0.717) is 12.5 Å². The minimum absolute atomic E-state index is 0.0984. The van der Waals surface area contributed by atoms with Gasteiger partial charge in [0.15, 0.2) is 0 Å². The van der Waals surface area contributed by atoms with Crippen molar-refractivity contribution < 1.29 is 4.74 Å². The summed E-state index contributed by atoms with van der Waals surface area (Å²) in [5, 5.41) is 0. The van der Waals surface area contributed by atoms with E-state index in [4.69, 9.17) is 10.5 Å². The highest BCUT2D eigenvalue weighted by atomic mass is 79.9. The van der Waals surface area contributed by atoms with Gasteiger partial charge >= 0.3 is 0 Å². The molecule has 0 saturated carbocycles. The summed E-state index contributed by atoms with van der Waals surface area (Å²) >= 11 is 3.45. The molecule has 1 aromatic rings. The van der Waals surface area contributed by atoms with E-state index in [1.165, 1.54) is 0 Å². The second-order valence-electron chi connectivity index (χ2n) is 3.47. The van der Waals surface area contributed by atoms with Gasteiger partial charge in [-0.05, 0) is 22.0 Å². The molecule has 0 amide bonds. The van der Waals surface area contributed by atoms with Crippen LogP contribution in [0.2, 0.25) is 0 Å². The second-order valence-corrected chi connectivity index (χ2v) is 4.33. The smallest absolute Gasteiger partial charge is 0.138 e. The molecule has 0 saturated heterocycles. The first-order valence-electron chi connectivity index (χ1n) is 4.37. The topological polar surface area (TPSA) is 35.2 Å². The molecule has 0 spiro atoms. The molecule has 1 aliphatic heterocycles. The number of nitrogens with two attached hydrogens (primary N) is 1. The van der Waals surface area contributed by atoms with Crippen LogP contribution in [0.4, 0.5) is 0 Å². The molecule has 70 valence electrons. The average Bonchev–Trinajstić information content (AvgIpc) is 2.12. The van der Waals surface area contributed by atoms with E-state index in [2.05, 4.69) is 22.9 Å². The standard InChI is InChI=1S/C10H12BrNO/c1-6-5-13-10-7(9(6)12)3-2-4-8(10)11/h2-4,6,9H,5,12H2,1H3. The predicted molar refractivity (Wildman–Crippen MR) is 55.7 cm³/mol. The Labute approximate surface area is 86.2 Å². The van der Waals surface area contributed by atoms with Crippen molar-refractivity contribution in [3.05, 3.63) is 28.2 Å². The molecule has 1 aliphatic rings. The normalized spacial score (nSPS) is 26.4. The lowest BCUT2D eigenvalue weighted by atomic mass is 9.93. The van der Waals surface area contributed by atoms with Crippen LogP contribution in [-0.2, 0) is 0 Å². The maximum atomic E-state index is 6.06. The molecule has 0 fully saturated rings. The van der Waals surface area contributed by atoms with Crippen LogP contribution in [0.3, 0.4) is 0 Å². The Hall–Kier alpha value is -0.540. The number of para-hydroxylation sites is 1. The largest absolute Gasteiger partial charge is 0.492 e. The number of ether oxygens (including phenoxy) is 1. The average molecular weight is 242 g/mol. The molecule has 2 atom stereocenters. The molecule has 2 rings (SSSR count). The van der Waals surface area contributed by atoms with E-state index in [1.54, 1.807) is 0 Å². The van der Waals surface area contributed by atoms with Crippen molar-refractivity contribution in [1.82, 2.24) is 0 Å². The summed E-state index contributed by atoms with van der Waals surface area (Å²) in [6, 6.07) is 6.09. The molecule has 3 heteroatoms. The number of rotatable bonds is 0. The molecule has 2 nitrogen and oxygen atoms in total. The van der Waals surface area contributed by atoms with Crippen molar-refractivity contribution in [3.8, 4) is 5.75 Å². The lowest BCUT2D eigenvalue weighted by molar-refractivity contribution is 0.206. The van der Waals surface area contributed by atoms with Crippen LogP contribution in [-0.4, -0.2) is 6.61 Å². The van der Waals surface area contributed by atoms with Crippen molar-refractivity contribution in [2.45, 2.75) is 13.0 Å². The van der Waals surface area contributed by atoms with Gasteiger partial charge in [-0.1, -0.05) is 19.1 Å². The number of hydrogen-bond acceptors (Lipinski definition) is 2. The lowest BCUT2D eigenvalue weighted by Crippen LogP contribution is -2.29. The monoisotopic (exact) mass is 241 g/mol. The first-order chi connectivity index (χ1) is 6.20.